The van der Waals surface area contributed by atoms with E-state index in [1.54, 1.807) is 13.0 Å². The first-order chi connectivity index (χ1) is 16.8. The minimum Gasteiger partial charge on any atom is -0.355 e. The lowest BCUT2D eigenvalue weighted by molar-refractivity contribution is -0.120. The Morgan fingerprint density at radius 3 is 2.34 bits per heavy atom. The molecule has 1 amide bonds. The van der Waals surface area contributed by atoms with Gasteiger partial charge in [0.05, 0.1) is 0 Å². The normalized spacial score (nSPS) is 15.5. The van der Waals surface area contributed by atoms with Crippen molar-refractivity contribution in [2.45, 2.75) is 44.9 Å². The number of hydrogen-bond acceptors (Lipinski definition) is 5. The molecule has 1 aromatic heterocycles. The number of nitrogens with one attached hydrogen (secondary N) is 1. The van der Waals surface area contributed by atoms with Crippen LogP contribution in [0.4, 0.5) is 5.69 Å². The number of rotatable bonds is 7. The van der Waals surface area contributed by atoms with Crippen LogP contribution in [0.25, 0.3) is 12.2 Å². The molecule has 35 heavy (non-hydrogen) atoms. The molecule has 0 atom stereocenters. The summed E-state index contributed by atoms with van der Waals surface area (Å²) in [5, 5.41) is 6.87. The second-order valence-corrected chi connectivity index (χ2v) is 10.8. The summed E-state index contributed by atoms with van der Waals surface area (Å²) in [5.74, 6) is -0.107. The second kappa shape index (κ2) is 10.6. The Labute approximate surface area is 206 Å². The van der Waals surface area contributed by atoms with E-state index >= 15 is 0 Å². The molecule has 0 spiro atoms. The molecule has 1 N–H and O–H groups in total. The molecule has 1 aliphatic rings. The zero-order valence-corrected chi connectivity index (χ0v) is 21.1. The lowest BCUT2D eigenvalue weighted by atomic mass is 9.97. The van der Waals surface area contributed by atoms with Gasteiger partial charge in [0.25, 0.3) is 0 Å². The highest BCUT2D eigenvalue weighted by Crippen LogP contribution is 2.29. The van der Waals surface area contributed by atoms with E-state index in [0.29, 0.717) is 18.5 Å². The summed E-state index contributed by atoms with van der Waals surface area (Å²) < 4.78 is 33.7. The predicted molar refractivity (Wildman–Crippen MR) is 137 cm³/mol. The number of carbonyl (C=O) groups is 1. The summed E-state index contributed by atoms with van der Waals surface area (Å²) in [4.78, 5) is 12.8. The number of benzene rings is 2. The van der Waals surface area contributed by atoms with Crippen LogP contribution in [0.2, 0.25) is 0 Å². The Hall–Kier alpha value is -3.23. The Bertz CT molecular complexity index is 1300. The highest BCUT2D eigenvalue weighted by atomic mass is 32.2. The van der Waals surface area contributed by atoms with Crippen molar-refractivity contribution in [1.82, 2.24) is 9.46 Å². The van der Waals surface area contributed by atoms with E-state index in [-0.39, 0.29) is 35.6 Å². The third kappa shape index (κ3) is 5.71. The number of nitrogens with zero attached hydrogens (tertiary/aromatic N) is 2. The molecule has 8 heteroatoms. The van der Waals surface area contributed by atoms with Crippen molar-refractivity contribution in [2.24, 2.45) is 5.92 Å². The van der Waals surface area contributed by atoms with E-state index in [1.165, 1.54) is 9.87 Å². The Morgan fingerprint density at radius 1 is 1.06 bits per heavy atom. The van der Waals surface area contributed by atoms with Gasteiger partial charge in [-0.05, 0) is 62.4 Å². The smallest absolute Gasteiger partial charge is 0.248 e. The van der Waals surface area contributed by atoms with Crippen LogP contribution in [0.15, 0.2) is 57.9 Å². The van der Waals surface area contributed by atoms with E-state index in [0.717, 1.165) is 23.2 Å². The summed E-state index contributed by atoms with van der Waals surface area (Å²) in [6.07, 6.45) is 5.30. The molecule has 0 bridgehead atoms. The SMILES string of the molecule is CCc1ccc(NC(=O)C2CCN(S(=O)(=O)c3c(C)noc3C=Cc3ccc(C)cc3)CC2)cc1. The van der Waals surface area contributed by atoms with Gasteiger partial charge in [0.2, 0.25) is 15.9 Å². The number of piperidine rings is 1. The van der Waals surface area contributed by atoms with Crippen molar-refractivity contribution in [1.29, 1.82) is 0 Å². The average molecular weight is 494 g/mol. The summed E-state index contributed by atoms with van der Waals surface area (Å²) in [6.45, 7) is 6.25. The van der Waals surface area contributed by atoms with Crippen LogP contribution in [0.3, 0.4) is 0 Å². The second-order valence-electron chi connectivity index (χ2n) is 8.92. The number of aromatic nitrogens is 1. The highest BCUT2D eigenvalue weighted by Gasteiger charge is 2.35. The number of carbonyl (C=O) groups excluding carboxylic acids is 1. The quantitative estimate of drug-likeness (QED) is 0.496. The van der Waals surface area contributed by atoms with Crippen LogP contribution in [0.1, 0.15) is 47.9 Å². The summed E-state index contributed by atoms with van der Waals surface area (Å²) >= 11 is 0. The maximum Gasteiger partial charge on any atom is 0.248 e. The first-order valence-corrected chi connectivity index (χ1v) is 13.3. The zero-order valence-electron chi connectivity index (χ0n) is 20.3. The molecule has 1 saturated heterocycles. The number of sulfonamides is 1. The van der Waals surface area contributed by atoms with Gasteiger partial charge in [0, 0.05) is 24.7 Å². The van der Waals surface area contributed by atoms with Crippen molar-refractivity contribution in [2.75, 3.05) is 18.4 Å². The van der Waals surface area contributed by atoms with E-state index < -0.39 is 10.0 Å². The predicted octanol–water partition coefficient (Wildman–Crippen LogP) is 5.06. The molecular weight excluding hydrogens is 462 g/mol. The van der Waals surface area contributed by atoms with Gasteiger partial charge in [-0.1, -0.05) is 60.1 Å². The van der Waals surface area contributed by atoms with E-state index in [2.05, 4.69) is 17.4 Å². The molecular formula is C27H31N3O4S. The minimum absolute atomic E-state index is 0.0748. The summed E-state index contributed by atoms with van der Waals surface area (Å²) in [6, 6.07) is 15.7. The van der Waals surface area contributed by atoms with Crippen LogP contribution in [-0.2, 0) is 21.2 Å². The minimum atomic E-state index is -3.81. The number of amides is 1. The maximum atomic E-state index is 13.5. The van der Waals surface area contributed by atoms with Crippen molar-refractivity contribution in [3.63, 3.8) is 0 Å². The monoisotopic (exact) mass is 493 g/mol. The third-order valence-electron chi connectivity index (χ3n) is 6.39. The summed E-state index contributed by atoms with van der Waals surface area (Å²) in [7, 11) is -3.81. The lowest BCUT2D eigenvalue weighted by Crippen LogP contribution is -2.41. The first-order valence-electron chi connectivity index (χ1n) is 11.9. The van der Waals surface area contributed by atoms with Gasteiger partial charge in [0.1, 0.15) is 5.69 Å². The molecule has 3 aromatic rings. The molecule has 4 rings (SSSR count). The fraction of sp³-hybridized carbons (Fsp3) is 0.333. The van der Waals surface area contributed by atoms with Gasteiger partial charge >= 0.3 is 0 Å². The van der Waals surface area contributed by atoms with Crippen molar-refractivity contribution < 1.29 is 17.7 Å². The number of hydrogen-bond donors (Lipinski definition) is 1. The highest BCUT2D eigenvalue weighted by molar-refractivity contribution is 7.89. The van der Waals surface area contributed by atoms with Crippen LogP contribution in [0.5, 0.6) is 0 Å². The van der Waals surface area contributed by atoms with Crippen molar-refractivity contribution in [3.05, 3.63) is 76.7 Å². The molecule has 0 unspecified atom stereocenters. The largest absolute Gasteiger partial charge is 0.355 e. The Morgan fingerprint density at radius 2 is 1.71 bits per heavy atom. The third-order valence-corrected chi connectivity index (χ3v) is 8.45. The van der Waals surface area contributed by atoms with Gasteiger partial charge in [-0.15, -0.1) is 0 Å². The molecule has 1 aliphatic heterocycles. The van der Waals surface area contributed by atoms with Crippen LogP contribution in [-0.4, -0.2) is 36.9 Å². The standard InChI is InChI=1S/C27H31N3O4S/c1-4-21-9-12-24(13-10-21)28-27(31)23-15-17-30(18-16-23)35(32,33)26-20(3)29-34-25(26)14-11-22-7-5-19(2)6-8-22/h5-14,23H,4,15-18H2,1-3H3,(H,28,31). The molecule has 1 fully saturated rings. The zero-order chi connectivity index (χ0) is 25.0. The molecule has 0 saturated carbocycles. The fourth-order valence-corrected chi connectivity index (χ4v) is 5.92. The number of anilines is 1. The average Bonchev–Trinajstić information content (AvgIpc) is 3.25. The van der Waals surface area contributed by atoms with Crippen molar-refractivity contribution in [3.8, 4) is 0 Å². The van der Waals surface area contributed by atoms with E-state index in [9.17, 15) is 13.2 Å². The van der Waals surface area contributed by atoms with Gasteiger partial charge in [0.15, 0.2) is 10.7 Å². The maximum absolute atomic E-state index is 13.5. The lowest BCUT2D eigenvalue weighted by Gasteiger charge is -2.30. The molecule has 2 heterocycles. The Balaban J connectivity index is 1.42. The first kappa shape index (κ1) is 24.9. The van der Waals surface area contributed by atoms with Crippen LogP contribution >= 0.6 is 0 Å². The van der Waals surface area contributed by atoms with Crippen LogP contribution in [0, 0.1) is 19.8 Å². The van der Waals surface area contributed by atoms with E-state index in [1.807, 2.05) is 61.5 Å². The molecule has 7 nitrogen and oxygen atoms in total. The Kier molecular flexibility index (Phi) is 7.52. The van der Waals surface area contributed by atoms with Crippen molar-refractivity contribution >= 4 is 33.8 Å². The van der Waals surface area contributed by atoms with Gasteiger partial charge in [-0.3, -0.25) is 4.79 Å². The van der Waals surface area contributed by atoms with Gasteiger partial charge in [-0.25, -0.2) is 8.42 Å². The molecule has 2 aromatic carbocycles. The summed E-state index contributed by atoms with van der Waals surface area (Å²) in [5.41, 5.74) is 4.37. The molecule has 0 aliphatic carbocycles. The van der Waals surface area contributed by atoms with Gasteiger partial charge < -0.3 is 9.84 Å². The molecule has 0 radical (unpaired) electrons. The number of aryl methyl sites for hydroxylation is 3. The fourth-order valence-electron chi connectivity index (χ4n) is 4.20. The van der Waals surface area contributed by atoms with E-state index in [4.69, 9.17) is 4.52 Å². The molecule has 184 valence electrons. The van der Waals surface area contributed by atoms with Crippen LogP contribution < -0.4 is 5.32 Å². The topological polar surface area (TPSA) is 92.5 Å². The van der Waals surface area contributed by atoms with Gasteiger partial charge in [-0.2, -0.15) is 4.31 Å².